The fourth-order valence-electron chi connectivity index (χ4n) is 2.78. The Hall–Kier alpha value is -0.900. The van der Waals surface area contributed by atoms with Gasteiger partial charge in [0.2, 0.25) is 0 Å². The number of rotatable bonds is 1. The molecule has 0 aromatic heterocycles. The first-order valence-corrected chi connectivity index (χ1v) is 5.79. The molecule has 3 heteroatoms. The summed E-state index contributed by atoms with van der Waals surface area (Å²) in [6, 6.07) is 6.11. The summed E-state index contributed by atoms with van der Waals surface area (Å²) in [5, 5.41) is 9.31. The molecule has 16 heavy (non-hydrogen) atoms. The molecule has 0 radical (unpaired) electrons. The predicted molar refractivity (Wildman–Crippen MR) is 58.9 cm³/mol. The second kappa shape index (κ2) is 3.84. The van der Waals surface area contributed by atoms with E-state index in [4.69, 9.17) is 9.47 Å². The highest BCUT2D eigenvalue weighted by Gasteiger charge is 2.41. The van der Waals surface area contributed by atoms with Gasteiger partial charge in [-0.2, -0.15) is 0 Å². The zero-order valence-corrected chi connectivity index (χ0v) is 9.24. The van der Waals surface area contributed by atoms with Crippen LogP contribution in [0.4, 0.5) is 0 Å². The van der Waals surface area contributed by atoms with Crippen molar-refractivity contribution in [3.8, 4) is 0 Å². The molecule has 2 heterocycles. The molecule has 1 N–H and O–H groups in total. The number of ether oxygens (including phenoxy) is 2. The molecule has 1 fully saturated rings. The second-order valence-electron chi connectivity index (χ2n) is 4.50. The molecule has 0 aliphatic carbocycles. The van der Waals surface area contributed by atoms with Crippen LogP contribution < -0.4 is 0 Å². The first-order valence-electron chi connectivity index (χ1n) is 5.79. The lowest BCUT2D eigenvalue weighted by atomic mass is 9.84. The van der Waals surface area contributed by atoms with E-state index in [0.717, 1.165) is 31.6 Å². The molecule has 1 spiro atoms. The van der Waals surface area contributed by atoms with Gasteiger partial charge in [0.15, 0.2) is 0 Å². The molecular formula is C13H16O3. The molecular weight excluding hydrogens is 204 g/mol. The third-order valence-corrected chi connectivity index (χ3v) is 3.73. The zero-order valence-electron chi connectivity index (χ0n) is 9.24. The molecule has 0 amide bonds. The molecule has 86 valence electrons. The molecule has 3 nitrogen and oxygen atoms in total. The summed E-state index contributed by atoms with van der Waals surface area (Å²) in [7, 11) is 0. The van der Waals surface area contributed by atoms with Crippen molar-refractivity contribution < 1.29 is 14.6 Å². The molecule has 1 aromatic carbocycles. The monoisotopic (exact) mass is 220 g/mol. The van der Waals surface area contributed by atoms with Crippen LogP contribution in [0.3, 0.4) is 0 Å². The fourth-order valence-corrected chi connectivity index (χ4v) is 2.78. The largest absolute Gasteiger partial charge is 0.392 e. The molecule has 1 aromatic rings. The Morgan fingerprint density at radius 1 is 1.25 bits per heavy atom. The summed E-state index contributed by atoms with van der Waals surface area (Å²) in [5.41, 5.74) is 3.31. The normalized spacial score (nSPS) is 22.3. The molecule has 0 atom stereocenters. The van der Waals surface area contributed by atoms with Crippen LogP contribution in [0.1, 0.15) is 29.5 Å². The Morgan fingerprint density at radius 2 is 2.06 bits per heavy atom. The second-order valence-corrected chi connectivity index (χ2v) is 4.50. The van der Waals surface area contributed by atoms with Gasteiger partial charge in [0.25, 0.3) is 0 Å². The average Bonchev–Trinajstić information content (AvgIpc) is 2.70. The van der Waals surface area contributed by atoms with Gasteiger partial charge in [-0.15, -0.1) is 0 Å². The minimum absolute atomic E-state index is 0.0963. The van der Waals surface area contributed by atoms with E-state index in [9.17, 15) is 5.11 Å². The van der Waals surface area contributed by atoms with Gasteiger partial charge in [-0.25, -0.2) is 0 Å². The molecule has 1 saturated heterocycles. The summed E-state index contributed by atoms with van der Waals surface area (Å²) in [4.78, 5) is 0. The Morgan fingerprint density at radius 3 is 2.81 bits per heavy atom. The number of aliphatic hydroxyl groups is 1. The molecule has 0 bridgehead atoms. The number of fused-ring (bicyclic) bond motifs is 2. The highest BCUT2D eigenvalue weighted by Crippen LogP contribution is 2.44. The van der Waals surface area contributed by atoms with Gasteiger partial charge in [-0.1, -0.05) is 18.2 Å². The lowest BCUT2D eigenvalue weighted by molar-refractivity contribution is -0.107. The van der Waals surface area contributed by atoms with Crippen molar-refractivity contribution in [2.45, 2.75) is 31.7 Å². The smallest absolute Gasteiger partial charge is 0.0983 e. The van der Waals surface area contributed by atoms with Crippen LogP contribution in [0.5, 0.6) is 0 Å². The van der Waals surface area contributed by atoms with E-state index in [1.165, 1.54) is 11.1 Å². The summed E-state index contributed by atoms with van der Waals surface area (Å²) >= 11 is 0. The van der Waals surface area contributed by atoms with Crippen molar-refractivity contribution in [2.75, 3.05) is 13.2 Å². The van der Waals surface area contributed by atoms with Gasteiger partial charge < -0.3 is 14.6 Å². The van der Waals surface area contributed by atoms with E-state index < -0.39 is 0 Å². The number of benzene rings is 1. The Labute approximate surface area is 95.0 Å². The van der Waals surface area contributed by atoms with Crippen LogP contribution in [-0.4, -0.2) is 18.3 Å². The van der Waals surface area contributed by atoms with E-state index in [-0.39, 0.29) is 12.2 Å². The summed E-state index contributed by atoms with van der Waals surface area (Å²) in [6.07, 6.45) is 1.85. The highest BCUT2D eigenvalue weighted by atomic mass is 16.5. The zero-order chi connectivity index (χ0) is 11.0. The van der Waals surface area contributed by atoms with Crippen LogP contribution in [0.25, 0.3) is 0 Å². The number of hydrogen-bond donors (Lipinski definition) is 1. The lowest BCUT2D eigenvalue weighted by Crippen LogP contribution is -2.33. The quantitative estimate of drug-likeness (QED) is 0.783. The maximum Gasteiger partial charge on any atom is 0.0983 e. The van der Waals surface area contributed by atoms with Crippen molar-refractivity contribution in [1.29, 1.82) is 0 Å². The van der Waals surface area contributed by atoms with Crippen LogP contribution >= 0.6 is 0 Å². The summed E-state index contributed by atoms with van der Waals surface area (Å²) in [6.45, 7) is 2.26. The molecule has 2 aliphatic rings. The van der Waals surface area contributed by atoms with E-state index in [2.05, 4.69) is 6.07 Å². The maximum atomic E-state index is 9.31. The van der Waals surface area contributed by atoms with Crippen LogP contribution in [0, 0.1) is 0 Å². The number of aliphatic hydroxyl groups excluding tert-OH is 1. The third-order valence-electron chi connectivity index (χ3n) is 3.73. The van der Waals surface area contributed by atoms with E-state index >= 15 is 0 Å². The Kier molecular flexibility index (Phi) is 2.46. The minimum Gasteiger partial charge on any atom is -0.392 e. The van der Waals surface area contributed by atoms with Gasteiger partial charge in [-0.05, 0) is 16.7 Å². The average molecular weight is 220 g/mol. The van der Waals surface area contributed by atoms with E-state index in [1.807, 2.05) is 12.1 Å². The minimum atomic E-state index is -0.140. The van der Waals surface area contributed by atoms with Crippen LogP contribution in [0.2, 0.25) is 0 Å². The number of hydrogen-bond acceptors (Lipinski definition) is 3. The lowest BCUT2D eigenvalue weighted by Gasteiger charge is -2.33. The van der Waals surface area contributed by atoms with Gasteiger partial charge in [0.1, 0.15) is 0 Å². The Balaban J connectivity index is 2.04. The van der Waals surface area contributed by atoms with Crippen molar-refractivity contribution in [3.63, 3.8) is 0 Å². The van der Waals surface area contributed by atoms with Gasteiger partial charge in [0, 0.05) is 26.1 Å². The highest BCUT2D eigenvalue weighted by molar-refractivity contribution is 5.41. The molecule has 0 unspecified atom stereocenters. The standard InChI is InChI=1S/C13H16O3/c14-8-10-2-1-3-12-11(10)9-16-13(12)4-6-15-7-5-13/h1-3,14H,4-9H2. The summed E-state index contributed by atoms with van der Waals surface area (Å²) in [5.74, 6) is 0. The summed E-state index contributed by atoms with van der Waals surface area (Å²) < 4.78 is 11.4. The van der Waals surface area contributed by atoms with Crippen LogP contribution in [0.15, 0.2) is 18.2 Å². The molecule has 2 aliphatic heterocycles. The molecule has 0 saturated carbocycles. The first kappa shape index (κ1) is 10.3. The topological polar surface area (TPSA) is 38.7 Å². The van der Waals surface area contributed by atoms with Crippen molar-refractivity contribution in [1.82, 2.24) is 0 Å². The third kappa shape index (κ3) is 1.39. The fraction of sp³-hybridized carbons (Fsp3) is 0.538. The van der Waals surface area contributed by atoms with E-state index in [0.29, 0.717) is 6.61 Å². The van der Waals surface area contributed by atoms with Crippen molar-refractivity contribution in [3.05, 3.63) is 34.9 Å². The van der Waals surface area contributed by atoms with Crippen molar-refractivity contribution >= 4 is 0 Å². The first-order chi connectivity index (χ1) is 7.86. The van der Waals surface area contributed by atoms with Gasteiger partial charge in [-0.3, -0.25) is 0 Å². The van der Waals surface area contributed by atoms with Gasteiger partial charge >= 0.3 is 0 Å². The Bertz CT molecular complexity index is 394. The van der Waals surface area contributed by atoms with Crippen LogP contribution in [-0.2, 0) is 28.3 Å². The van der Waals surface area contributed by atoms with Crippen molar-refractivity contribution in [2.24, 2.45) is 0 Å². The predicted octanol–water partition coefficient (Wildman–Crippen LogP) is 1.71. The SMILES string of the molecule is OCc1cccc2c1COC21CCOCC1. The maximum absolute atomic E-state index is 9.31. The molecule has 3 rings (SSSR count). The van der Waals surface area contributed by atoms with Gasteiger partial charge in [0.05, 0.1) is 18.8 Å². The van der Waals surface area contributed by atoms with E-state index in [1.54, 1.807) is 0 Å².